The van der Waals surface area contributed by atoms with Crippen molar-refractivity contribution < 1.29 is 14.6 Å². The molecule has 4 fully saturated rings. The zero-order valence-electron chi connectivity index (χ0n) is 18.4. The molecule has 1 heterocycles. The molecular formula is C25H39NO3. The van der Waals surface area contributed by atoms with E-state index < -0.39 is 5.60 Å². The molecule has 1 aliphatic heterocycles. The van der Waals surface area contributed by atoms with Crippen LogP contribution < -0.4 is 0 Å². The summed E-state index contributed by atoms with van der Waals surface area (Å²) < 4.78 is 5.45. The minimum Gasteiger partial charge on any atom is -0.390 e. The first-order valence-corrected chi connectivity index (χ1v) is 12.1. The molecule has 5 aliphatic rings. The first-order chi connectivity index (χ1) is 13.9. The third kappa shape index (κ3) is 3.53. The van der Waals surface area contributed by atoms with E-state index in [0.29, 0.717) is 24.2 Å². The highest BCUT2D eigenvalue weighted by Crippen LogP contribution is 2.63. The van der Waals surface area contributed by atoms with Crippen molar-refractivity contribution in [3.8, 4) is 0 Å². The number of aliphatic hydroxyl groups is 1. The van der Waals surface area contributed by atoms with E-state index in [1.807, 2.05) is 6.92 Å². The summed E-state index contributed by atoms with van der Waals surface area (Å²) in [5, 5.41) is 10.5. The fourth-order valence-corrected chi connectivity index (χ4v) is 8.09. The van der Waals surface area contributed by atoms with E-state index in [9.17, 15) is 9.90 Å². The molecule has 4 heteroatoms. The second-order valence-electron chi connectivity index (χ2n) is 11.3. The number of morpholine rings is 1. The van der Waals surface area contributed by atoms with Gasteiger partial charge in [-0.1, -0.05) is 18.6 Å². The zero-order chi connectivity index (χ0) is 20.2. The van der Waals surface area contributed by atoms with E-state index >= 15 is 0 Å². The Morgan fingerprint density at radius 2 is 1.93 bits per heavy atom. The lowest BCUT2D eigenvalue weighted by Gasteiger charge is -2.54. The van der Waals surface area contributed by atoms with Gasteiger partial charge in [0.2, 0.25) is 0 Å². The number of carbonyl (C=O) groups is 1. The molecule has 4 aliphatic carbocycles. The molecular weight excluding hydrogens is 362 g/mol. The smallest absolute Gasteiger partial charge is 0.150 e. The van der Waals surface area contributed by atoms with Crippen LogP contribution >= 0.6 is 0 Å². The highest BCUT2D eigenvalue weighted by molar-refractivity contribution is 5.84. The normalized spacial score (nSPS) is 47.7. The van der Waals surface area contributed by atoms with Crippen LogP contribution in [0.1, 0.15) is 65.2 Å². The van der Waals surface area contributed by atoms with Crippen LogP contribution in [-0.2, 0) is 9.53 Å². The van der Waals surface area contributed by atoms with Gasteiger partial charge in [0.15, 0.2) is 0 Å². The monoisotopic (exact) mass is 401 g/mol. The van der Waals surface area contributed by atoms with E-state index in [1.54, 1.807) is 5.57 Å². The maximum atomic E-state index is 13.3. The zero-order valence-corrected chi connectivity index (χ0v) is 18.4. The van der Waals surface area contributed by atoms with Gasteiger partial charge in [-0.2, -0.15) is 0 Å². The molecule has 5 rings (SSSR count). The van der Waals surface area contributed by atoms with Gasteiger partial charge in [0.25, 0.3) is 0 Å². The molecule has 0 radical (unpaired) electrons. The van der Waals surface area contributed by atoms with Gasteiger partial charge >= 0.3 is 0 Å². The minimum absolute atomic E-state index is 0.204. The minimum atomic E-state index is -0.497. The van der Waals surface area contributed by atoms with Gasteiger partial charge in [-0.05, 0) is 87.4 Å². The number of carbonyl (C=O) groups excluding carboxylic acids is 1. The number of ketones is 1. The number of Topliss-reactive ketones (excluding diaryl/α,β-unsaturated/α-hetero) is 1. The van der Waals surface area contributed by atoms with Crippen LogP contribution in [-0.4, -0.2) is 54.2 Å². The highest BCUT2D eigenvalue weighted by Gasteiger charge is 2.57. The van der Waals surface area contributed by atoms with E-state index in [-0.39, 0.29) is 11.3 Å². The second-order valence-corrected chi connectivity index (χ2v) is 11.3. The van der Waals surface area contributed by atoms with Crippen molar-refractivity contribution in [3.63, 3.8) is 0 Å². The Labute approximate surface area is 176 Å². The van der Waals surface area contributed by atoms with Crippen LogP contribution in [0, 0.1) is 35.0 Å². The van der Waals surface area contributed by atoms with E-state index in [1.165, 1.54) is 25.7 Å². The van der Waals surface area contributed by atoms with Crippen LogP contribution in [0.25, 0.3) is 0 Å². The largest absolute Gasteiger partial charge is 0.390 e. The summed E-state index contributed by atoms with van der Waals surface area (Å²) in [5.41, 5.74) is 1.25. The van der Waals surface area contributed by atoms with Gasteiger partial charge in [-0.3, -0.25) is 9.69 Å². The molecule has 4 nitrogen and oxygen atoms in total. The Balaban J connectivity index is 1.30. The average Bonchev–Trinajstić information content (AvgIpc) is 3.05. The number of allylic oxidation sites excluding steroid dienone is 1. The van der Waals surface area contributed by atoms with E-state index in [4.69, 9.17) is 4.74 Å². The third-order valence-corrected chi connectivity index (χ3v) is 9.59. The molecule has 0 bridgehead atoms. The average molecular weight is 402 g/mol. The second kappa shape index (κ2) is 7.46. The van der Waals surface area contributed by atoms with Gasteiger partial charge in [0.1, 0.15) is 5.78 Å². The summed E-state index contributed by atoms with van der Waals surface area (Å²) in [7, 11) is 0. The highest BCUT2D eigenvalue weighted by atomic mass is 16.5. The molecule has 0 aromatic rings. The summed E-state index contributed by atoms with van der Waals surface area (Å²) in [6, 6.07) is 0. The SMILES string of the molecule is CC1(O)CCC2C(=CCC3C2CCC2(C)C(C(=O)CN4CCOCC4)CCC32)C1. The number of hydrogen-bond donors (Lipinski definition) is 1. The van der Waals surface area contributed by atoms with Crippen LogP contribution in [0.3, 0.4) is 0 Å². The maximum Gasteiger partial charge on any atom is 0.150 e. The molecule has 1 N–H and O–H groups in total. The summed E-state index contributed by atoms with van der Waals surface area (Å²) in [5.74, 6) is 3.70. The number of fused-ring (bicyclic) bond motifs is 5. The third-order valence-electron chi connectivity index (χ3n) is 9.59. The molecule has 0 aromatic carbocycles. The van der Waals surface area contributed by atoms with Gasteiger partial charge in [0, 0.05) is 19.0 Å². The Morgan fingerprint density at radius 1 is 1.14 bits per heavy atom. The number of nitrogens with zero attached hydrogens (tertiary/aromatic N) is 1. The lowest BCUT2D eigenvalue weighted by molar-refractivity contribution is -0.131. The van der Waals surface area contributed by atoms with Gasteiger partial charge in [-0.15, -0.1) is 0 Å². The van der Waals surface area contributed by atoms with Crippen LogP contribution in [0.15, 0.2) is 11.6 Å². The number of ether oxygens (including phenoxy) is 1. The van der Waals surface area contributed by atoms with E-state index in [0.717, 1.165) is 63.8 Å². The molecule has 162 valence electrons. The lowest BCUT2D eigenvalue weighted by Crippen LogP contribution is -2.49. The number of rotatable bonds is 3. The molecule has 3 saturated carbocycles. The first kappa shape index (κ1) is 20.2. The summed E-state index contributed by atoms with van der Waals surface area (Å²) >= 11 is 0. The molecule has 0 aromatic heterocycles. The standard InChI is InChI=1S/C25H39NO3/c1-24(28)9-7-18-17(15-24)3-4-20-19(18)8-10-25(2)21(20)5-6-22(25)23(27)16-26-11-13-29-14-12-26/h3,18-22,28H,4-16H2,1-2H3. The predicted octanol–water partition coefficient (Wildman–Crippen LogP) is 3.83. The van der Waals surface area contributed by atoms with Crippen LogP contribution in [0.5, 0.6) is 0 Å². The first-order valence-electron chi connectivity index (χ1n) is 12.1. The van der Waals surface area contributed by atoms with E-state index in [2.05, 4.69) is 17.9 Å². The van der Waals surface area contributed by atoms with Crippen molar-refractivity contribution >= 4 is 5.78 Å². The van der Waals surface area contributed by atoms with Crippen molar-refractivity contribution in [2.45, 2.75) is 70.8 Å². The van der Waals surface area contributed by atoms with Crippen LogP contribution in [0.4, 0.5) is 0 Å². The predicted molar refractivity (Wildman–Crippen MR) is 113 cm³/mol. The molecule has 7 unspecified atom stereocenters. The quantitative estimate of drug-likeness (QED) is 0.730. The molecule has 0 amide bonds. The van der Waals surface area contributed by atoms with Gasteiger partial charge in [0.05, 0.1) is 25.4 Å². The van der Waals surface area contributed by atoms with Gasteiger partial charge < -0.3 is 9.84 Å². The van der Waals surface area contributed by atoms with Crippen molar-refractivity contribution in [1.82, 2.24) is 4.90 Å². The molecule has 1 saturated heterocycles. The molecule has 7 atom stereocenters. The van der Waals surface area contributed by atoms with Crippen LogP contribution in [0.2, 0.25) is 0 Å². The van der Waals surface area contributed by atoms with Gasteiger partial charge in [-0.25, -0.2) is 0 Å². The lowest BCUT2D eigenvalue weighted by atomic mass is 9.51. The Bertz CT molecular complexity index is 680. The Morgan fingerprint density at radius 3 is 2.72 bits per heavy atom. The fraction of sp³-hybridized carbons (Fsp3) is 0.880. The van der Waals surface area contributed by atoms with Crippen molar-refractivity contribution in [2.75, 3.05) is 32.8 Å². The fourth-order valence-electron chi connectivity index (χ4n) is 8.09. The number of hydrogen-bond acceptors (Lipinski definition) is 4. The molecule has 0 spiro atoms. The summed E-state index contributed by atoms with van der Waals surface area (Å²) in [6.07, 6.45) is 11.5. The van der Waals surface area contributed by atoms with Crippen molar-refractivity contribution in [2.24, 2.45) is 35.0 Å². The molecule has 29 heavy (non-hydrogen) atoms. The summed E-state index contributed by atoms with van der Waals surface area (Å²) in [4.78, 5) is 15.6. The maximum absolute atomic E-state index is 13.3. The Hall–Kier alpha value is -0.710. The van der Waals surface area contributed by atoms with Crippen molar-refractivity contribution in [1.29, 1.82) is 0 Å². The Kier molecular flexibility index (Phi) is 5.20. The summed E-state index contributed by atoms with van der Waals surface area (Å²) in [6.45, 7) is 8.44. The topological polar surface area (TPSA) is 49.8 Å². The van der Waals surface area contributed by atoms with Crippen molar-refractivity contribution in [3.05, 3.63) is 11.6 Å².